The summed E-state index contributed by atoms with van der Waals surface area (Å²) in [6, 6.07) is 7.11. The molecule has 0 spiro atoms. The first-order valence-electron chi connectivity index (χ1n) is 7.52. The minimum Gasteiger partial charge on any atom is -0.329 e. The molecule has 1 aliphatic heterocycles. The maximum Gasteiger partial charge on any atom is 0.0473 e. The molecule has 1 fully saturated rings. The molecule has 0 aromatic heterocycles. The predicted molar refractivity (Wildman–Crippen MR) is 82.2 cm³/mol. The Hall–Kier alpha value is -0.860. The third kappa shape index (κ3) is 3.37. The van der Waals surface area contributed by atoms with Crippen molar-refractivity contribution in [2.45, 2.75) is 40.2 Å². The molecule has 0 aliphatic carbocycles. The van der Waals surface area contributed by atoms with Crippen molar-refractivity contribution in [2.24, 2.45) is 17.6 Å². The highest BCUT2D eigenvalue weighted by Gasteiger charge is 2.28. The molecule has 106 valence electrons. The lowest BCUT2D eigenvalue weighted by molar-refractivity contribution is 0.0981. The number of likely N-dealkylation sites (tertiary alicyclic amines) is 1. The maximum atomic E-state index is 6.10. The van der Waals surface area contributed by atoms with Crippen molar-refractivity contribution in [2.75, 3.05) is 19.6 Å². The monoisotopic (exact) mass is 260 g/mol. The summed E-state index contributed by atoms with van der Waals surface area (Å²) in [4.78, 5) is 2.60. The number of rotatable bonds is 3. The Bertz CT molecular complexity index is 417. The highest BCUT2D eigenvalue weighted by atomic mass is 15.2. The number of piperidine rings is 1. The van der Waals surface area contributed by atoms with Crippen molar-refractivity contribution in [1.82, 2.24) is 4.90 Å². The molecule has 2 N–H and O–H groups in total. The molecule has 3 atom stereocenters. The van der Waals surface area contributed by atoms with Gasteiger partial charge in [0.05, 0.1) is 0 Å². The van der Waals surface area contributed by atoms with Crippen LogP contribution in [-0.4, -0.2) is 24.5 Å². The van der Waals surface area contributed by atoms with Gasteiger partial charge in [0, 0.05) is 25.7 Å². The molecule has 1 saturated heterocycles. The molecular formula is C17H28N2. The first-order valence-corrected chi connectivity index (χ1v) is 7.52. The van der Waals surface area contributed by atoms with Gasteiger partial charge in [0.1, 0.15) is 0 Å². The zero-order chi connectivity index (χ0) is 14.0. The maximum absolute atomic E-state index is 6.10. The number of aryl methyl sites for hydroxylation is 2. The quantitative estimate of drug-likeness (QED) is 0.903. The van der Waals surface area contributed by atoms with Gasteiger partial charge in [-0.25, -0.2) is 0 Å². The van der Waals surface area contributed by atoms with Gasteiger partial charge in [0.2, 0.25) is 0 Å². The molecule has 1 heterocycles. The summed E-state index contributed by atoms with van der Waals surface area (Å²) in [6.45, 7) is 12.2. The van der Waals surface area contributed by atoms with Crippen LogP contribution >= 0.6 is 0 Å². The van der Waals surface area contributed by atoms with E-state index in [1.807, 2.05) is 0 Å². The van der Waals surface area contributed by atoms with Gasteiger partial charge in [-0.15, -0.1) is 0 Å². The fourth-order valence-electron chi connectivity index (χ4n) is 3.56. The number of hydrogen-bond donors (Lipinski definition) is 1. The second-order valence-electron chi connectivity index (χ2n) is 6.51. The van der Waals surface area contributed by atoms with E-state index in [1.54, 1.807) is 0 Å². The van der Waals surface area contributed by atoms with Crippen molar-refractivity contribution in [1.29, 1.82) is 0 Å². The predicted octanol–water partition coefficient (Wildman–Crippen LogP) is 3.28. The van der Waals surface area contributed by atoms with Gasteiger partial charge in [0.15, 0.2) is 0 Å². The van der Waals surface area contributed by atoms with Gasteiger partial charge in [-0.3, -0.25) is 4.90 Å². The normalized spacial score (nSPS) is 26.4. The van der Waals surface area contributed by atoms with E-state index < -0.39 is 0 Å². The zero-order valence-corrected chi connectivity index (χ0v) is 12.8. The van der Waals surface area contributed by atoms with E-state index in [1.165, 1.54) is 36.2 Å². The Labute approximate surface area is 118 Å². The minimum atomic E-state index is 0.380. The summed E-state index contributed by atoms with van der Waals surface area (Å²) < 4.78 is 0. The molecule has 1 aromatic rings. The number of nitrogens with zero attached hydrogens (tertiary/aromatic N) is 1. The second kappa shape index (κ2) is 6.06. The SMILES string of the molecule is Cc1ccc(C)c(C(CN)N2CC(C)CC(C)C2)c1. The average Bonchev–Trinajstić information content (AvgIpc) is 2.33. The molecule has 2 nitrogen and oxygen atoms in total. The molecule has 1 aliphatic rings. The van der Waals surface area contributed by atoms with Crippen LogP contribution in [0.25, 0.3) is 0 Å². The number of nitrogens with two attached hydrogens (primary N) is 1. The van der Waals surface area contributed by atoms with Crippen LogP contribution in [0.1, 0.15) is 43.0 Å². The van der Waals surface area contributed by atoms with Gasteiger partial charge in [-0.05, 0) is 43.2 Å². The molecule has 0 amide bonds. The summed E-state index contributed by atoms with van der Waals surface area (Å²) in [6.07, 6.45) is 1.35. The van der Waals surface area contributed by atoms with Crippen LogP contribution in [0.15, 0.2) is 18.2 Å². The lowest BCUT2D eigenvalue weighted by atomic mass is 9.88. The Kier molecular flexibility index (Phi) is 4.64. The van der Waals surface area contributed by atoms with E-state index in [0.29, 0.717) is 12.6 Å². The van der Waals surface area contributed by atoms with Crippen molar-refractivity contribution >= 4 is 0 Å². The van der Waals surface area contributed by atoms with Crippen molar-refractivity contribution in [3.8, 4) is 0 Å². The van der Waals surface area contributed by atoms with E-state index in [4.69, 9.17) is 5.73 Å². The summed E-state index contributed by atoms with van der Waals surface area (Å²) in [5.41, 5.74) is 10.2. The summed E-state index contributed by atoms with van der Waals surface area (Å²) in [5, 5.41) is 0. The lowest BCUT2D eigenvalue weighted by Crippen LogP contribution is -2.43. The van der Waals surface area contributed by atoms with Crippen LogP contribution < -0.4 is 5.73 Å². The minimum absolute atomic E-state index is 0.380. The van der Waals surface area contributed by atoms with Crippen molar-refractivity contribution in [3.63, 3.8) is 0 Å². The smallest absolute Gasteiger partial charge is 0.0473 e. The van der Waals surface area contributed by atoms with E-state index >= 15 is 0 Å². The lowest BCUT2D eigenvalue weighted by Gasteiger charge is -2.40. The Balaban J connectivity index is 2.26. The summed E-state index contributed by atoms with van der Waals surface area (Å²) in [5.74, 6) is 1.56. The van der Waals surface area contributed by atoms with Crippen LogP contribution in [0.2, 0.25) is 0 Å². The van der Waals surface area contributed by atoms with Crippen LogP contribution in [0.5, 0.6) is 0 Å². The van der Waals surface area contributed by atoms with Gasteiger partial charge in [-0.1, -0.05) is 37.6 Å². The molecule has 0 radical (unpaired) electrons. The third-order valence-electron chi connectivity index (χ3n) is 4.35. The molecular weight excluding hydrogens is 232 g/mol. The number of benzene rings is 1. The molecule has 2 rings (SSSR count). The van der Waals surface area contributed by atoms with E-state index in [2.05, 4.69) is 50.8 Å². The topological polar surface area (TPSA) is 29.3 Å². The molecule has 0 saturated carbocycles. The molecule has 3 unspecified atom stereocenters. The highest BCUT2D eigenvalue weighted by Crippen LogP contribution is 2.30. The average molecular weight is 260 g/mol. The van der Waals surface area contributed by atoms with E-state index in [9.17, 15) is 0 Å². The zero-order valence-electron chi connectivity index (χ0n) is 12.8. The van der Waals surface area contributed by atoms with Crippen molar-refractivity contribution < 1.29 is 0 Å². The Morgan fingerprint density at radius 2 is 1.84 bits per heavy atom. The van der Waals surface area contributed by atoms with Crippen LogP contribution in [0.3, 0.4) is 0 Å². The van der Waals surface area contributed by atoms with E-state index in [0.717, 1.165) is 11.8 Å². The van der Waals surface area contributed by atoms with Crippen LogP contribution in [0.4, 0.5) is 0 Å². The van der Waals surface area contributed by atoms with Gasteiger partial charge in [-0.2, -0.15) is 0 Å². The summed E-state index contributed by atoms with van der Waals surface area (Å²) >= 11 is 0. The fourth-order valence-corrected chi connectivity index (χ4v) is 3.56. The van der Waals surface area contributed by atoms with E-state index in [-0.39, 0.29) is 0 Å². The van der Waals surface area contributed by atoms with Gasteiger partial charge < -0.3 is 5.73 Å². The van der Waals surface area contributed by atoms with Crippen LogP contribution in [0, 0.1) is 25.7 Å². The fraction of sp³-hybridized carbons (Fsp3) is 0.647. The largest absolute Gasteiger partial charge is 0.329 e. The first-order chi connectivity index (χ1) is 9.01. The molecule has 19 heavy (non-hydrogen) atoms. The second-order valence-corrected chi connectivity index (χ2v) is 6.51. The third-order valence-corrected chi connectivity index (χ3v) is 4.35. The molecule has 2 heteroatoms. The van der Waals surface area contributed by atoms with Crippen molar-refractivity contribution in [3.05, 3.63) is 34.9 Å². The first kappa shape index (κ1) is 14.5. The standard InChI is InChI=1S/C17H28N2/c1-12-5-6-15(4)16(8-12)17(9-18)19-10-13(2)7-14(3)11-19/h5-6,8,13-14,17H,7,9-11,18H2,1-4H3. The van der Waals surface area contributed by atoms with Crippen LogP contribution in [-0.2, 0) is 0 Å². The highest BCUT2D eigenvalue weighted by molar-refractivity contribution is 5.33. The Morgan fingerprint density at radius 3 is 2.42 bits per heavy atom. The van der Waals surface area contributed by atoms with Gasteiger partial charge in [0.25, 0.3) is 0 Å². The van der Waals surface area contributed by atoms with Gasteiger partial charge >= 0.3 is 0 Å². The summed E-state index contributed by atoms with van der Waals surface area (Å²) in [7, 11) is 0. The molecule has 0 bridgehead atoms. The number of hydrogen-bond acceptors (Lipinski definition) is 2. The Morgan fingerprint density at radius 1 is 1.21 bits per heavy atom. The molecule has 1 aromatic carbocycles.